The monoisotopic (exact) mass is 448 g/mol. The number of nitrogens with zero attached hydrogens (tertiary/aromatic N) is 5. The fraction of sp³-hybridized carbons (Fsp3) is 0.500. The Morgan fingerprint density at radius 1 is 1.21 bits per heavy atom. The molecule has 3 aliphatic rings. The number of hydrogen-bond acceptors (Lipinski definition) is 5. The predicted molar refractivity (Wildman–Crippen MR) is 132 cm³/mol. The number of anilines is 2. The van der Waals surface area contributed by atoms with Gasteiger partial charge in [-0.25, -0.2) is 9.98 Å². The van der Waals surface area contributed by atoms with Gasteiger partial charge in [-0.2, -0.15) is 4.99 Å². The molecule has 1 saturated carbocycles. The summed E-state index contributed by atoms with van der Waals surface area (Å²) in [6, 6.07) is 5.94. The van der Waals surface area contributed by atoms with Crippen LogP contribution in [-0.4, -0.2) is 60.9 Å². The van der Waals surface area contributed by atoms with Crippen LogP contribution in [0.5, 0.6) is 0 Å². The van der Waals surface area contributed by atoms with Gasteiger partial charge in [0.2, 0.25) is 5.96 Å². The van der Waals surface area contributed by atoms with E-state index in [9.17, 15) is 4.79 Å². The van der Waals surface area contributed by atoms with Crippen LogP contribution in [0.25, 0.3) is 0 Å². The molecule has 2 aromatic rings. The highest BCUT2D eigenvalue weighted by atomic mass is 16.2. The van der Waals surface area contributed by atoms with Crippen LogP contribution in [0.1, 0.15) is 48.2 Å². The molecule has 5 rings (SSSR count). The van der Waals surface area contributed by atoms with E-state index in [0.29, 0.717) is 24.0 Å². The second-order valence-corrected chi connectivity index (χ2v) is 9.20. The smallest absolute Gasteiger partial charge is 0.268 e. The van der Waals surface area contributed by atoms with Crippen molar-refractivity contribution in [2.45, 2.75) is 44.6 Å². The van der Waals surface area contributed by atoms with Gasteiger partial charge in [0.1, 0.15) is 17.3 Å². The molecule has 4 heterocycles. The summed E-state index contributed by atoms with van der Waals surface area (Å²) in [6.07, 6.45) is 7.50. The summed E-state index contributed by atoms with van der Waals surface area (Å²) in [4.78, 5) is 28.5. The number of fused-ring (bicyclic) bond motifs is 2. The molecule has 0 atom stereocenters. The first kappa shape index (κ1) is 21.6. The van der Waals surface area contributed by atoms with E-state index in [1.807, 2.05) is 25.3 Å². The average molecular weight is 449 g/mol. The molecule has 0 unspecified atom stereocenters. The van der Waals surface area contributed by atoms with E-state index < -0.39 is 0 Å². The molecule has 2 aromatic heterocycles. The summed E-state index contributed by atoms with van der Waals surface area (Å²) >= 11 is 0. The first-order valence-electron chi connectivity index (χ1n) is 11.8. The Hall–Kier alpha value is -3.20. The van der Waals surface area contributed by atoms with Crippen molar-refractivity contribution in [3.63, 3.8) is 0 Å². The number of nitrogens with one attached hydrogen (secondary N) is 3. The standard InChI is InChI=1S/C24H32N8O/c1-17-14-19-22(33)28-16-24(8-4-3-5-9-24)32(19)21(17)30-23(25-2)29-20-7-6-18(15-27-20)31-12-10-26-11-13-31/h6-7,14-15,26H,2-5,8-13,16H2,1H3,(H,28,33)(H,27,29,30). The maximum atomic E-state index is 12.6. The van der Waals surface area contributed by atoms with Crippen LogP contribution in [0.2, 0.25) is 0 Å². The molecule has 2 fully saturated rings. The van der Waals surface area contributed by atoms with E-state index in [1.54, 1.807) is 0 Å². The minimum atomic E-state index is -0.121. The lowest BCUT2D eigenvalue weighted by Gasteiger charge is -2.43. The zero-order valence-corrected chi connectivity index (χ0v) is 19.2. The van der Waals surface area contributed by atoms with Gasteiger partial charge in [0, 0.05) is 32.7 Å². The highest BCUT2D eigenvalue weighted by Gasteiger charge is 2.42. The second-order valence-electron chi connectivity index (χ2n) is 9.20. The fourth-order valence-corrected chi connectivity index (χ4v) is 5.32. The second kappa shape index (κ2) is 8.97. The van der Waals surface area contributed by atoms with Crippen molar-refractivity contribution < 1.29 is 4.79 Å². The number of amides is 1. The van der Waals surface area contributed by atoms with Crippen molar-refractivity contribution >= 4 is 35.9 Å². The van der Waals surface area contributed by atoms with Gasteiger partial charge in [0.15, 0.2) is 0 Å². The minimum absolute atomic E-state index is 0.0398. The molecule has 33 heavy (non-hydrogen) atoms. The summed E-state index contributed by atoms with van der Waals surface area (Å²) < 4.78 is 2.16. The van der Waals surface area contributed by atoms with E-state index in [4.69, 9.17) is 4.99 Å². The lowest BCUT2D eigenvalue weighted by Crippen LogP contribution is -2.52. The predicted octanol–water partition coefficient (Wildman–Crippen LogP) is 2.80. The number of piperazine rings is 1. The van der Waals surface area contributed by atoms with Crippen LogP contribution in [0.3, 0.4) is 0 Å². The Balaban J connectivity index is 1.43. The van der Waals surface area contributed by atoms with E-state index in [1.165, 1.54) is 6.42 Å². The third-order valence-electron chi connectivity index (χ3n) is 7.06. The van der Waals surface area contributed by atoms with Crippen LogP contribution in [0, 0.1) is 6.92 Å². The average Bonchev–Trinajstić information content (AvgIpc) is 3.20. The molecule has 174 valence electrons. The number of carbonyl (C=O) groups is 1. The number of aliphatic imine (C=N–C) groups is 2. The first-order valence-corrected chi connectivity index (χ1v) is 11.8. The number of rotatable bonds is 3. The third-order valence-corrected chi connectivity index (χ3v) is 7.06. The van der Waals surface area contributed by atoms with Crippen molar-refractivity contribution in [1.29, 1.82) is 0 Å². The van der Waals surface area contributed by atoms with Gasteiger partial charge in [0.05, 0.1) is 17.4 Å². The zero-order valence-electron chi connectivity index (χ0n) is 19.2. The quantitative estimate of drug-likeness (QED) is 0.495. The Bertz CT molecular complexity index is 1060. The van der Waals surface area contributed by atoms with E-state index in [-0.39, 0.29) is 11.4 Å². The number of pyridine rings is 1. The largest absolute Gasteiger partial charge is 0.368 e. The van der Waals surface area contributed by atoms with Crippen molar-refractivity contribution in [1.82, 2.24) is 20.2 Å². The fourth-order valence-electron chi connectivity index (χ4n) is 5.32. The molecule has 1 aliphatic carbocycles. The first-order chi connectivity index (χ1) is 16.1. The molecular weight excluding hydrogens is 416 g/mol. The van der Waals surface area contributed by atoms with E-state index in [2.05, 4.69) is 48.2 Å². The normalized spacial score (nSPS) is 20.3. The molecule has 0 aromatic carbocycles. The number of aryl methyl sites for hydroxylation is 1. The molecular formula is C24H32N8O. The van der Waals surface area contributed by atoms with Gasteiger partial charge in [-0.3, -0.25) is 4.79 Å². The molecule has 9 nitrogen and oxygen atoms in total. The van der Waals surface area contributed by atoms with Gasteiger partial charge in [-0.1, -0.05) is 19.3 Å². The van der Waals surface area contributed by atoms with Gasteiger partial charge in [-0.05, 0) is 50.2 Å². The van der Waals surface area contributed by atoms with Crippen LogP contribution < -0.4 is 20.9 Å². The van der Waals surface area contributed by atoms with Crippen molar-refractivity contribution in [2.75, 3.05) is 42.9 Å². The third kappa shape index (κ3) is 4.13. The highest BCUT2D eigenvalue weighted by Crippen LogP contribution is 2.42. The van der Waals surface area contributed by atoms with Crippen molar-refractivity contribution in [2.24, 2.45) is 9.98 Å². The lowest BCUT2D eigenvalue weighted by molar-refractivity contribution is 0.0830. The molecule has 9 heteroatoms. The zero-order chi connectivity index (χ0) is 22.8. The summed E-state index contributed by atoms with van der Waals surface area (Å²) in [7, 11) is 0. The summed E-state index contributed by atoms with van der Waals surface area (Å²) in [6.45, 7) is 10.3. The summed E-state index contributed by atoms with van der Waals surface area (Å²) in [5.74, 6) is 1.77. The SMILES string of the molecule is C=N/C(=N\c1c(C)cc2n1C1(CCCCC1)CNC2=O)Nc1ccc(N2CCNCC2)cn1. The van der Waals surface area contributed by atoms with Gasteiger partial charge >= 0.3 is 0 Å². The summed E-state index contributed by atoms with van der Waals surface area (Å²) in [5, 5.41) is 9.66. The van der Waals surface area contributed by atoms with Gasteiger partial charge < -0.3 is 25.4 Å². The number of hydrogen-bond donors (Lipinski definition) is 3. The molecule has 1 saturated heterocycles. The maximum absolute atomic E-state index is 12.6. The van der Waals surface area contributed by atoms with Gasteiger partial charge in [0.25, 0.3) is 5.91 Å². The summed E-state index contributed by atoms with van der Waals surface area (Å²) in [5.41, 5.74) is 2.62. The Morgan fingerprint density at radius 2 is 2.00 bits per heavy atom. The van der Waals surface area contributed by atoms with Crippen molar-refractivity contribution in [3.8, 4) is 0 Å². The lowest BCUT2D eigenvalue weighted by atomic mass is 9.80. The molecule has 2 aliphatic heterocycles. The minimum Gasteiger partial charge on any atom is -0.368 e. The van der Waals surface area contributed by atoms with Crippen LogP contribution in [0.4, 0.5) is 17.3 Å². The number of carbonyl (C=O) groups excluding carboxylic acids is 1. The molecule has 0 bridgehead atoms. The maximum Gasteiger partial charge on any atom is 0.268 e. The molecule has 0 radical (unpaired) electrons. The molecule has 1 spiro atoms. The molecule has 3 N–H and O–H groups in total. The topological polar surface area (TPSA) is 98.9 Å². The van der Waals surface area contributed by atoms with Gasteiger partial charge in [-0.15, -0.1) is 0 Å². The van der Waals surface area contributed by atoms with E-state index in [0.717, 1.165) is 68.9 Å². The highest BCUT2D eigenvalue weighted by molar-refractivity contribution is 5.99. The number of guanidine groups is 1. The van der Waals surface area contributed by atoms with Crippen LogP contribution in [0.15, 0.2) is 34.4 Å². The van der Waals surface area contributed by atoms with Crippen molar-refractivity contribution in [3.05, 3.63) is 35.7 Å². The van der Waals surface area contributed by atoms with Crippen LogP contribution in [-0.2, 0) is 5.54 Å². The Labute approximate surface area is 194 Å². The molecule has 1 amide bonds. The Kier molecular flexibility index (Phi) is 5.88. The van der Waals surface area contributed by atoms with Crippen LogP contribution >= 0.6 is 0 Å². The van der Waals surface area contributed by atoms with E-state index >= 15 is 0 Å². The Morgan fingerprint density at radius 3 is 2.70 bits per heavy atom. The number of aromatic nitrogens is 2.